The van der Waals surface area contributed by atoms with E-state index in [1.54, 1.807) is 6.07 Å². The Kier molecular flexibility index (Phi) is 7.17. The van der Waals surface area contributed by atoms with Crippen LogP contribution >= 0.6 is 15.9 Å². The van der Waals surface area contributed by atoms with E-state index in [-0.39, 0.29) is 17.7 Å². The zero-order valence-electron chi connectivity index (χ0n) is 16.0. The number of hydrogen-bond acceptors (Lipinski definition) is 4. The number of benzene rings is 1. The normalized spacial score (nSPS) is 17.1. The Morgan fingerprint density at radius 3 is 2.71 bits per heavy atom. The van der Waals surface area contributed by atoms with Crippen LogP contribution in [0, 0.1) is 12.8 Å². The van der Waals surface area contributed by atoms with Crippen molar-refractivity contribution in [1.29, 1.82) is 0 Å². The number of pyridine rings is 1. The quantitative estimate of drug-likeness (QED) is 0.709. The average molecular weight is 445 g/mol. The molecule has 1 aromatic heterocycles. The molecule has 1 aromatic carbocycles. The molecule has 2 amide bonds. The van der Waals surface area contributed by atoms with E-state index in [2.05, 4.69) is 36.4 Å². The van der Waals surface area contributed by atoms with Gasteiger partial charge in [0.25, 0.3) is 0 Å². The first-order valence-corrected chi connectivity index (χ1v) is 10.3. The van der Waals surface area contributed by atoms with Crippen molar-refractivity contribution in [3.63, 3.8) is 0 Å². The predicted octanol–water partition coefficient (Wildman–Crippen LogP) is 3.83. The molecular weight excluding hydrogens is 420 g/mol. The second-order valence-corrected chi connectivity index (χ2v) is 8.01. The first-order chi connectivity index (χ1) is 13.5. The summed E-state index contributed by atoms with van der Waals surface area (Å²) in [5.74, 6) is 0.501. The van der Waals surface area contributed by atoms with Crippen LogP contribution in [0.2, 0.25) is 0 Å². The maximum Gasteiger partial charge on any atom is 0.229 e. The van der Waals surface area contributed by atoms with Crippen LogP contribution in [0.25, 0.3) is 0 Å². The Balaban J connectivity index is 1.45. The molecule has 0 spiro atoms. The first-order valence-electron chi connectivity index (χ1n) is 9.52. The molecule has 1 atom stereocenters. The number of nitrogens with zero attached hydrogens (tertiary/aromatic N) is 2. The summed E-state index contributed by atoms with van der Waals surface area (Å²) in [5.41, 5.74) is 1.66. The molecule has 0 radical (unpaired) electrons. The molecule has 1 saturated heterocycles. The minimum Gasteiger partial charge on any atom is -0.326 e. The number of carbonyl (C=O) groups is 2. The molecule has 0 bridgehead atoms. The van der Waals surface area contributed by atoms with Crippen molar-refractivity contribution in [2.45, 2.75) is 26.2 Å². The Morgan fingerprint density at radius 1 is 1.18 bits per heavy atom. The molecular formula is C21H25BrN4O2. The second-order valence-electron chi connectivity index (χ2n) is 7.10. The van der Waals surface area contributed by atoms with Crippen LogP contribution < -0.4 is 10.6 Å². The van der Waals surface area contributed by atoms with Crippen molar-refractivity contribution in [2.24, 2.45) is 5.92 Å². The minimum atomic E-state index is -0.0782. The number of carbonyl (C=O) groups excluding carboxylic acids is 2. The lowest BCUT2D eigenvalue weighted by Gasteiger charge is -2.31. The SMILES string of the molecule is Cc1cccc(NC(=O)C2CCCN(CCC(=O)Nc3ccc(Br)cc3)C2)n1. The third-order valence-corrected chi connectivity index (χ3v) is 5.33. The summed E-state index contributed by atoms with van der Waals surface area (Å²) in [4.78, 5) is 31.3. The summed E-state index contributed by atoms with van der Waals surface area (Å²) in [6.07, 6.45) is 2.22. The van der Waals surface area contributed by atoms with Gasteiger partial charge in [-0.2, -0.15) is 0 Å². The van der Waals surface area contributed by atoms with Crippen molar-refractivity contribution in [3.05, 3.63) is 52.6 Å². The maximum atomic E-state index is 12.6. The van der Waals surface area contributed by atoms with Gasteiger partial charge in [-0.25, -0.2) is 4.98 Å². The van der Waals surface area contributed by atoms with Gasteiger partial charge in [-0.1, -0.05) is 22.0 Å². The molecule has 1 aliphatic heterocycles. The summed E-state index contributed by atoms with van der Waals surface area (Å²) in [6.45, 7) is 4.13. The van der Waals surface area contributed by atoms with Gasteiger partial charge < -0.3 is 15.5 Å². The number of aryl methyl sites for hydroxylation is 1. The Labute approximate surface area is 173 Å². The number of nitrogens with one attached hydrogen (secondary N) is 2. The van der Waals surface area contributed by atoms with Crippen LogP contribution in [-0.2, 0) is 9.59 Å². The van der Waals surface area contributed by atoms with Crippen molar-refractivity contribution in [3.8, 4) is 0 Å². The van der Waals surface area contributed by atoms with Gasteiger partial charge in [0.2, 0.25) is 11.8 Å². The van der Waals surface area contributed by atoms with Gasteiger partial charge in [-0.05, 0) is 62.7 Å². The van der Waals surface area contributed by atoms with Crippen LogP contribution in [0.3, 0.4) is 0 Å². The third kappa shape index (κ3) is 6.14. The van der Waals surface area contributed by atoms with Gasteiger partial charge >= 0.3 is 0 Å². The number of hydrogen-bond donors (Lipinski definition) is 2. The van der Waals surface area contributed by atoms with Crippen LogP contribution in [0.4, 0.5) is 11.5 Å². The summed E-state index contributed by atoms with van der Waals surface area (Å²) in [6, 6.07) is 13.1. The van der Waals surface area contributed by atoms with E-state index in [0.717, 1.165) is 35.2 Å². The number of halogens is 1. The highest BCUT2D eigenvalue weighted by atomic mass is 79.9. The lowest BCUT2D eigenvalue weighted by Crippen LogP contribution is -2.41. The predicted molar refractivity (Wildman–Crippen MR) is 114 cm³/mol. The lowest BCUT2D eigenvalue weighted by molar-refractivity contribution is -0.121. The Hall–Kier alpha value is -2.25. The van der Waals surface area contributed by atoms with Crippen LogP contribution in [0.5, 0.6) is 0 Å². The van der Waals surface area contributed by atoms with E-state index in [9.17, 15) is 9.59 Å². The summed E-state index contributed by atoms with van der Waals surface area (Å²) >= 11 is 3.38. The van der Waals surface area contributed by atoms with Gasteiger partial charge in [-0.3, -0.25) is 9.59 Å². The van der Waals surface area contributed by atoms with E-state index in [0.29, 0.717) is 25.3 Å². The van der Waals surface area contributed by atoms with E-state index in [1.165, 1.54) is 0 Å². The molecule has 7 heteroatoms. The number of aromatic nitrogens is 1. The monoisotopic (exact) mass is 444 g/mol. The summed E-state index contributed by atoms with van der Waals surface area (Å²) < 4.78 is 0.976. The average Bonchev–Trinajstić information content (AvgIpc) is 2.68. The standard InChI is InChI=1S/C21H25BrN4O2/c1-15-4-2-6-19(23-15)25-21(28)16-5-3-12-26(14-16)13-11-20(27)24-18-9-7-17(22)8-10-18/h2,4,6-10,16H,3,5,11-14H2,1H3,(H,24,27)(H,23,25,28). The Morgan fingerprint density at radius 2 is 1.96 bits per heavy atom. The highest BCUT2D eigenvalue weighted by Crippen LogP contribution is 2.19. The highest BCUT2D eigenvalue weighted by molar-refractivity contribution is 9.10. The molecule has 6 nitrogen and oxygen atoms in total. The van der Waals surface area contributed by atoms with Crippen molar-refractivity contribution < 1.29 is 9.59 Å². The number of amides is 2. The zero-order valence-corrected chi connectivity index (χ0v) is 17.5. The maximum absolute atomic E-state index is 12.6. The molecule has 2 heterocycles. The zero-order chi connectivity index (χ0) is 19.9. The van der Waals surface area contributed by atoms with Gasteiger partial charge in [0, 0.05) is 35.4 Å². The van der Waals surface area contributed by atoms with Crippen LogP contribution in [0.15, 0.2) is 46.9 Å². The number of rotatable bonds is 6. The topological polar surface area (TPSA) is 74.3 Å². The fraction of sp³-hybridized carbons (Fsp3) is 0.381. The largest absolute Gasteiger partial charge is 0.326 e. The van der Waals surface area contributed by atoms with Crippen LogP contribution in [0.1, 0.15) is 25.0 Å². The van der Waals surface area contributed by atoms with E-state index >= 15 is 0 Å². The number of likely N-dealkylation sites (tertiary alicyclic amines) is 1. The molecule has 3 rings (SSSR count). The van der Waals surface area contributed by atoms with Crippen LogP contribution in [-0.4, -0.2) is 41.3 Å². The van der Waals surface area contributed by atoms with Gasteiger partial charge in [0.15, 0.2) is 0 Å². The molecule has 1 fully saturated rings. The Bertz CT molecular complexity index is 825. The minimum absolute atomic E-state index is 0.00196. The molecule has 1 unspecified atom stereocenters. The molecule has 0 aliphatic carbocycles. The number of anilines is 2. The van der Waals surface area contributed by atoms with Crippen molar-refractivity contribution in [2.75, 3.05) is 30.3 Å². The van der Waals surface area contributed by atoms with Gasteiger partial charge in [-0.15, -0.1) is 0 Å². The van der Waals surface area contributed by atoms with Crippen molar-refractivity contribution >= 4 is 39.2 Å². The lowest BCUT2D eigenvalue weighted by atomic mass is 9.97. The molecule has 28 heavy (non-hydrogen) atoms. The summed E-state index contributed by atoms with van der Waals surface area (Å²) in [7, 11) is 0. The van der Waals surface area contributed by atoms with Gasteiger partial charge in [0.1, 0.15) is 5.82 Å². The van der Waals surface area contributed by atoms with Gasteiger partial charge in [0.05, 0.1) is 5.92 Å². The smallest absolute Gasteiger partial charge is 0.229 e. The third-order valence-electron chi connectivity index (χ3n) is 4.80. The highest BCUT2D eigenvalue weighted by Gasteiger charge is 2.26. The van der Waals surface area contributed by atoms with Crippen molar-refractivity contribution in [1.82, 2.24) is 9.88 Å². The molecule has 148 valence electrons. The molecule has 2 aromatic rings. The fourth-order valence-corrected chi connectivity index (χ4v) is 3.59. The molecule has 0 saturated carbocycles. The summed E-state index contributed by atoms with van der Waals surface area (Å²) in [5, 5.41) is 5.82. The second kappa shape index (κ2) is 9.80. The number of piperidine rings is 1. The fourth-order valence-electron chi connectivity index (χ4n) is 3.33. The molecule has 2 N–H and O–H groups in total. The van der Waals surface area contributed by atoms with E-state index < -0.39 is 0 Å². The first kappa shape index (κ1) is 20.5. The van der Waals surface area contributed by atoms with E-state index in [1.807, 2.05) is 43.3 Å². The molecule has 1 aliphatic rings. The van der Waals surface area contributed by atoms with E-state index in [4.69, 9.17) is 0 Å².